The summed E-state index contributed by atoms with van der Waals surface area (Å²) in [6, 6.07) is 20.9. The Morgan fingerprint density at radius 1 is 0.792 bits per heavy atom. The summed E-state index contributed by atoms with van der Waals surface area (Å²) in [7, 11) is 0. The molecule has 2 aromatic carbocycles. The summed E-state index contributed by atoms with van der Waals surface area (Å²) in [6.07, 6.45) is 4.72. The van der Waals surface area contributed by atoms with Crippen LogP contribution in [0, 0.1) is 11.3 Å². The molecule has 0 amide bonds. The Labute approximate surface area is 146 Å². The van der Waals surface area contributed by atoms with Crippen molar-refractivity contribution in [1.29, 1.82) is 0 Å². The minimum Gasteiger partial charge on any atom is -0.234 e. The second-order valence-corrected chi connectivity index (χ2v) is 7.79. The van der Waals surface area contributed by atoms with Gasteiger partial charge in [0.2, 0.25) is 0 Å². The van der Waals surface area contributed by atoms with Crippen molar-refractivity contribution in [3.8, 4) is 0 Å². The largest absolute Gasteiger partial charge is 0.234 e. The zero-order valence-electron chi connectivity index (χ0n) is 15.1. The highest BCUT2D eigenvalue weighted by Crippen LogP contribution is 2.37. The van der Waals surface area contributed by atoms with Gasteiger partial charge in [0.1, 0.15) is 0 Å². The predicted molar refractivity (Wildman–Crippen MR) is 104 cm³/mol. The van der Waals surface area contributed by atoms with Gasteiger partial charge in [-0.05, 0) is 61.3 Å². The average molecular weight is 320 g/mol. The maximum absolute atomic E-state index is 5.04. The molecular formula is C22H28N2. The van der Waals surface area contributed by atoms with Gasteiger partial charge >= 0.3 is 0 Å². The molecule has 0 bridgehead atoms. The first-order valence-corrected chi connectivity index (χ1v) is 9.00. The van der Waals surface area contributed by atoms with Crippen LogP contribution in [0.4, 0.5) is 11.4 Å². The first-order valence-electron chi connectivity index (χ1n) is 9.00. The number of para-hydroxylation sites is 2. The van der Waals surface area contributed by atoms with Gasteiger partial charge in [0.15, 0.2) is 0 Å². The summed E-state index contributed by atoms with van der Waals surface area (Å²) < 4.78 is 0. The molecular weight excluding hydrogens is 292 g/mol. The van der Waals surface area contributed by atoms with Crippen molar-refractivity contribution in [3.05, 3.63) is 60.7 Å². The third-order valence-electron chi connectivity index (χ3n) is 5.03. The van der Waals surface area contributed by atoms with Crippen LogP contribution in [-0.2, 0) is 0 Å². The van der Waals surface area contributed by atoms with Crippen LogP contribution in [0.5, 0.6) is 0 Å². The van der Waals surface area contributed by atoms with Gasteiger partial charge in [0, 0.05) is 5.71 Å². The lowest BCUT2D eigenvalue weighted by Gasteiger charge is -2.34. The fourth-order valence-electron chi connectivity index (χ4n) is 3.46. The first kappa shape index (κ1) is 16.8. The summed E-state index contributed by atoms with van der Waals surface area (Å²) in [6.45, 7) is 7.08. The van der Waals surface area contributed by atoms with Crippen LogP contribution in [0.25, 0.3) is 0 Å². The second-order valence-electron chi connectivity index (χ2n) is 7.79. The molecule has 126 valence electrons. The van der Waals surface area contributed by atoms with Crippen LogP contribution in [0.3, 0.4) is 0 Å². The third kappa shape index (κ3) is 4.05. The highest BCUT2D eigenvalue weighted by Gasteiger charge is 2.28. The maximum atomic E-state index is 5.04. The molecule has 0 heterocycles. The quantitative estimate of drug-likeness (QED) is 0.596. The Bertz CT molecular complexity index is 619. The Morgan fingerprint density at radius 3 is 1.67 bits per heavy atom. The van der Waals surface area contributed by atoms with Crippen LogP contribution >= 0.6 is 0 Å². The number of benzene rings is 2. The number of anilines is 2. The summed E-state index contributed by atoms with van der Waals surface area (Å²) in [5.41, 5.74) is 3.97. The fourth-order valence-corrected chi connectivity index (χ4v) is 3.46. The molecule has 0 aliphatic heterocycles. The van der Waals surface area contributed by atoms with Gasteiger partial charge in [-0.15, -0.1) is 0 Å². The Kier molecular flexibility index (Phi) is 5.03. The Balaban J connectivity index is 1.83. The van der Waals surface area contributed by atoms with Gasteiger partial charge in [0.25, 0.3) is 0 Å². The lowest BCUT2D eigenvalue weighted by Crippen LogP contribution is -2.27. The number of nitrogens with zero attached hydrogens (tertiary/aromatic N) is 2. The number of rotatable bonds is 3. The molecule has 2 nitrogen and oxygen atoms in total. The van der Waals surface area contributed by atoms with Crippen molar-refractivity contribution < 1.29 is 0 Å². The molecule has 1 fully saturated rings. The van der Waals surface area contributed by atoms with Gasteiger partial charge in [-0.1, -0.05) is 57.2 Å². The Hall–Kier alpha value is -2.09. The number of hydrazone groups is 1. The van der Waals surface area contributed by atoms with E-state index in [1.165, 1.54) is 18.6 Å². The van der Waals surface area contributed by atoms with E-state index in [1.54, 1.807) is 0 Å². The Morgan fingerprint density at radius 2 is 1.25 bits per heavy atom. The van der Waals surface area contributed by atoms with E-state index in [2.05, 4.69) is 74.3 Å². The molecule has 24 heavy (non-hydrogen) atoms. The zero-order valence-corrected chi connectivity index (χ0v) is 15.1. The molecule has 2 heteroatoms. The molecule has 0 aromatic heterocycles. The zero-order chi connectivity index (χ0) is 17.0. The summed E-state index contributed by atoms with van der Waals surface area (Å²) in [4.78, 5) is 0. The van der Waals surface area contributed by atoms with Crippen molar-refractivity contribution >= 4 is 17.1 Å². The third-order valence-corrected chi connectivity index (χ3v) is 5.03. The van der Waals surface area contributed by atoms with E-state index in [0.29, 0.717) is 5.41 Å². The molecule has 0 spiro atoms. The van der Waals surface area contributed by atoms with Crippen molar-refractivity contribution in [2.24, 2.45) is 16.4 Å². The van der Waals surface area contributed by atoms with Crippen molar-refractivity contribution in [3.63, 3.8) is 0 Å². The fraction of sp³-hybridized carbons (Fsp3) is 0.409. The average Bonchev–Trinajstić information content (AvgIpc) is 2.61. The van der Waals surface area contributed by atoms with E-state index in [4.69, 9.17) is 5.10 Å². The topological polar surface area (TPSA) is 15.6 Å². The van der Waals surface area contributed by atoms with Gasteiger partial charge in [-0.25, -0.2) is 5.01 Å². The smallest absolute Gasteiger partial charge is 0.0652 e. The van der Waals surface area contributed by atoms with Crippen molar-refractivity contribution in [2.75, 3.05) is 5.01 Å². The summed E-state index contributed by atoms with van der Waals surface area (Å²) >= 11 is 0. The molecule has 0 saturated heterocycles. The summed E-state index contributed by atoms with van der Waals surface area (Å²) in [5, 5.41) is 7.13. The van der Waals surface area contributed by atoms with E-state index in [0.717, 1.165) is 30.1 Å². The molecule has 0 N–H and O–H groups in total. The van der Waals surface area contributed by atoms with Gasteiger partial charge in [-0.2, -0.15) is 5.10 Å². The number of hydrogen-bond donors (Lipinski definition) is 0. The molecule has 1 aliphatic rings. The highest BCUT2D eigenvalue weighted by molar-refractivity contribution is 5.87. The van der Waals surface area contributed by atoms with E-state index in [-0.39, 0.29) is 0 Å². The van der Waals surface area contributed by atoms with Gasteiger partial charge < -0.3 is 0 Å². The van der Waals surface area contributed by atoms with Gasteiger partial charge in [-0.3, -0.25) is 0 Å². The maximum Gasteiger partial charge on any atom is 0.0652 e. The standard InChI is InChI=1S/C22H28N2/c1-22(2,3)18-14-16-19(17-15-18)23-24(20-10-6-4-7-11-20)21-12-8-5-9-13-21/h4-13,18H,14-17H2,1-3H3. The molecule has 2 aromatic rings. The van der Waals surface area contributed by atoms with Crippen LogP contribution in [0.15, 0.2) is 65.8 Å². The van der Waals surface area contributed by atoms with Crippen molar-refractivity contribution in [1.82, 2.24) is 0 Å². The summed E-state index contributed by atoms with van der Waals surface area (Å²) in [5.74, 6) is 0.804. The molecule has 3 rings (SSSR count). The van der Waals surface area contributed by atoms with E-state index in [9.17, 15) is 0 Å². The van der Waals surface area contributed by atoms with Crippen LogP contribution < -0.4 is 5.01 Å². The SMILES string of the molecule is CC(C)(C)C1CCC(=NN(c2ccccc2)c2ccccc2)CC1. The highest BCUT2D eigenvalue weighted by atomic mass is 15.5. The molecule has 0 unspecified atom stereocenters. The molecule has 1 aliphatic carbocycles. The first-order chi connectivity index (χ1) is 11.5. The lowest BCUT2D eigenvalue weighted by atomic mass is 9.72. The monoisotopic (exact) mass is 320 g/mol. The minimum atomic E-state index is 0.407. The van der Waals surface area contributed by atoms with Crippen LogP contribution in [0.1, 0.15) is 46.5 Å². The van der Waals surface area contributed by atoms with E-state index in [1.807, 2.05) is 12.1 Å². The van der Waals surface area contributed by atoms with Crippen LogP contribution in [-0.4, -0.2) is 5.71 Å². The van der Waals surface area contributed by atoms with Crippen molar-refractivity contribution in [2.45, 2.75) is 46.5 Å². The molecule has 1 saturated carbocycles. The number of hydrogen-bond acceptors (Lipinski definition) is 2. The molecule has 0 radical (unpaired) electrons. The van der Waals surface area contributed by atoms with E-state index >= 15 is 0 Å². The predicted octanol–water partition coefficient (Wildman–Crippen LogP) is 6.42. The minimum absolute atomic E-state index is 0.407. The normalized spacial score (nSPS) is 18.3. The molecule has 0 atom stereocenters. The van der Waals surface area contributed by atoms with E-state index < -0.39 is 0 Å². The lowest BCUT2D eigenvalue weighted by molar-refractivity contribution is 0.208. The van der Waals surface area contributed by atoms with Gasteiger partial charge in [0.05, 0.1) is 11.4 Å². The van der Waals surface area contributed by atoms with Crippen LogP contribution in [0.2, 0.25) is 0 Å². The second kappa shape index (κ2) is 7.21.